The smallest absolute Gasteiger partial charge is 0.322 e. The number of likely N-dealkylation sites (tertiary alicyclic amines) is 1. The number of rotatable bonds is 8. The number of piperidine rings is 1. The lowest BCUT2D eigenvalue weighted by Crippen LogP contribution is -2.70. The van der Waals surface area contributed by atoms with Crippen molar-refractivity contribution in [2.75, 3.05) is 25.0 Å². The molecule has 2 amide bonds. The molecule has 156 valence electrons. The zero-order valence-corrected chi connectivity index (χ0v) is 17.2. The van der Waals surface area contributed by atoms with Gasteiger partial charge in [-0.1, -0.05) is 49.7 Å². The van der Waals surface area contributed by atoms with Crippen LogP contribution in [0.5, 0.6) is 0 Å². The lowest BCUT2D eigenvalue weighted by atomic mass is 10.0. The maximum Gasteiger partial charge on any atom is 0.322 e. The molecule has 29 heavy (non-hydrogen) atoms. The average Bonchev–Trinajstić information content (AvgIpc) is 2.77. The van der Waals surface area contributed by atoms with Gasteiger partial charge in [-0.05, 0) is 43.5 Å². The molecule has 0 radical (unpaired) electrons. The summed E-state index contributed by atoms with van der Waals surface area (Å²) in [5.74, 6) is 0. The van der Waals surface area contributed by atoms with Crippen LogP contribution in [-0.2, 0) is 6.54 Å². The molecule has 6 nitrogen and oxygen atoms in total. The van der Waals surface area contributed by atoms with Gasteiger partial charge in [-0.25, -0.2) is 4.79 Å². The van der Waals surface area contributed by atoms with E-state index >= 15 is 0 Å². The van der Waals surface area contributed by atoms with E-state index in [1.807, 2.05) is 29.2 Å². The Morgan fingerprint density at radius 1 is 1.17 bits per heavy atom. The first-order chi connectivity index (χ1) is 14.2. The van der Waals surface area contributed by atoms with Gasteiger partial charge in [0.05, 0.1) is 0 Å². The number of nitrogens with one attached hydrogen (secondary N) is 1. The van der Waals surface area contributed by atoms with Gasteiger partial charge in [0.2, 0.25) is 0 Å². The Kier molecular flexibility index (Phi) is 8.04. The number of benzene rings is 2. The Balaban J connectivity index is 1.70. The molecule has 1 aliphatic rings. The van der Waals surface area contributed by atoms with Crippen molar-refractivity contribution in [1.29, 1.82) is 0 Å². The fourth-order valence-electron chi connectivity index (χ4n) is 3.87. The van der Waals surface area contributed by atoms with Crippen molar-refractivity contribution >= 4 is 17.4 Å². The third-order valence-electron chi connectivity index (χ3n) is 5.56. The maximum absolute atomic E-state index is 13.2. The van der Waals surface area contributed by atoms with Crippen LogP contribution in [-0.4, -0.2) is 41.5 Å². The van der Waals surface area contributed by atoms with E-state index in [0.29, 0.717) is 17.9 Å². The first-order valence-electron chi connectivity index (χ1n) is 10.6. The highest BCUT2D eigenvalue weighted by Crippen LogP contribution is 2.21. The van der Waals surface area contributed by atoms with Crippen LogP contribution in [0.25, 0.3) is 0 Å². The second-order valence-corrected chi connectivity index (χ2v) is 7.71. The van der Waals surface area contributed by atoms with Gasteiger partial charge in [-0.2, -0.15) is 0 Å². The van der Waals surface area contributed by atoms with E-state index in [9.17, 15) is 10.0 Å². The number of carbonyl (C=O) groups excluding carboxylic acids is 1. The molecule has 0 aliphatic carbocycles. The highest BCUT2D eigenvalue weighted by molar-refractivity contribution is 5.89. The molecule has 1 heterocycles. The molecule has 1 aliphatic heterocycles. The Morgan fingerprint density at radius 3 is 2.62 bits per heavy atom. The highest BCUT2D eigenvalue weighted by atomic mass is 16.5. The molecule has 0 spiro atoms. The average molecular weight is 397 g/mol. The number of amides is 2. The molecule has 2 aromatic carbocycles. The summed E-state index contributed by atoms with van der Waals surface area (Å²) in [6.07, 6.45) is 4.41. The van der Waals surface area contributed by atoms with Gasteiger partial charge in [-0.15, -0.1) is 0 Å². The van der Waals surface area contributed by atoms with Crippen LogP contribution in [0, 0.1) is 5.21 Å². The minimum Gasteiger partial charge on any atom is -0.630 e. The third kappa shape index (κ3) is 6.29. The first-order valence-corrected chi connectivity index (χ1v) is 10.6. The second kappa shape index (κ2) is 11.0. The summed E-state index contributed by atoms with van der Waals surface area (Å²) in [6, 6.07) is 17.3. The van der Waals surface area contributed by atoms with Crippen LogP contribution in [0.2, 0.25) is 0 Å². The van der Waals surface area contributed by atoms with Gasteiger partial charge in [0, 0.05) is 37.4 Å². The van der Waals surface area contributed by atoms with Crippen molar-refractivity contribution in [2.45, 2.75) is 45.2 Å². The van der Waals surface area contributed by atoms with Gasteiger partial charge in [0.1, 0.15) is 5.69 Å². The highest BCUT2D eigenvalue weighted by Gasteiger charge is 2.28. The van der Waals surface area contributed by atoms with Crippen molar-refractivity contribution < 1.29 is 10.3 Å². The predicted octanol–water partition coefficient (Wildman–Crippen LogP) is 3.68. The second-order valence-electron chi connectivity index (χ2n) is 7.71. The standard InChI is InChI=1S/C23H32N4O2/c1-2-3-14-26-15-12-22(13-16-26)27(18-19-8-5-4-6-9-19)23(28)24-20-10-7-11-21(17-20)25-29/h4-11,17,22H,2-3,12-16,18,25H2,1H3,(H,24,28). The summed E-state index contributed by atoms with van der Waals surface area (Å²) < 4.78 is 0. The zero-order chi connectivity index (χ0) is 20.5. The van der Waals surface area contributed by atoms with Gasteiger partial charge in [0.15, 0.2) is 0 Å². The van der Waals surface area contributed by atoms with Gasteiger partial charge < -0.3 is 25.8 Å². The monoisotopic (exact) mass is 396 g/mol. The molecule has 1 fully saturated rings. The fourth-order valence-corrected chi connectivity index (χ4v) is 3.87. The summed E-state index contributed by atoms with van der Waals surface area (Å²) in [5.41, 5.74) is 3.13. The number of carbonyl (C=O) groups is 1. The molecule has 0 unspecified atom stereocenters. The minimum atomic E-state index is -0.107. The number of unbranched alkanes of at least 4 members (excludes halogenated alkanes) is 1. The molecular weight excluding hydrogens is 364 g/mol. The first kappa shape index (κ1) is 21.3. The van der Waals surface area contributed by atoms with E-state index in [1.165, 1.54) is 12.8 Å². The van der Waals surface area contributed by atoms with Crippen LogP contribution in [0.15, 0.2) is 54.6 Å². The molecule has 0 bridgehead atoms. The largest absolute Gasteiger partial charge is 0.630 e. The van der Waals surface area contributed by atoms with Crippen molar-refractivity contribution in [2.24, 2.45) is 0 Å². The molecule has 3 N–H and O–H groups in total. The number of urea groups is 1. The summed E-state index contributed by atoms with van der Waals surface area (Å²) in [7, 11) is 0. The van der Waals surface area contributed by atoms with Gasteiger partial charge in [-0.3, -0.25) is 0 Å². The molecule has 0 saturated carbocycles. The SMILES string of the molecule is CCCCN1CCC(N(Cc2ccccc2)C(=O)Nc2cccc([NH2+][O-])c2)CC1. The summed E-state index contributed by atoms with van der Waals surface area (Å²) in [4.78, 5) is 17.6. The van der Waals surface area contributed by atoms with E-state index in [0.717, 1.165) is 43.5 Å². The molecule has 0 atom stereocenters. The van der Waals surface area contributed by atoms with E-state index in [2.05, 4.69) is 29.3 Å². The number of nitrogens with two attached hydrogens (primary N) is 1. The Hall–Kier alpha value is -2.41. The summed E-state index contributed by atoms with van der Waals surface area (Å²) in [5, 5.41) is 14.0. The quantitative estimate of drug-likeness (QED) is 0.528. The molecule has 2 aromatic rings. The van der Waals surface area contributed by atoms with Crippen LogP contribution in [0.3, 0.4) is 0 Å². The fraction of sp³-hybridized carbons (Fsp3) is 0.435. The molecule has 3 rings (SSSR count). The lowest BCUT2D eigenvalue weighted by molar-refractivity contribution is -0.497. The lowest BCUT2D eigenvalue weighted by Gasteiger charge is -2.38. The van der Waals surface area contributed by atoms with Crippen molar-refractivity contribution in [3.8, 4) is 0 Å². The summed E-state index contributed by atoms with van der Waals surface area (Å²) in [6.45, 7) is 6.01. The van der Waals surface area contributed by atoms with E-state index in [-0.39, 0.29) is 12.1 Å². The number of quaternary nitrogens is 1. The van der Waals surface area contributed by atoms with E-state index in [4.69, 9.17) is 0 Å². The minimum absolute atomic E-state index is 0.107. The number of hydrogen-bond donors (Lipinski definition) is 2. The van der Waals surface area contributed by atoms with Crippen LogP contribution < -0.4 is 10.8 Å². The van der Waals surface area contributed by atoms with E-state index in [1.54, 1.807) is 18.2 Å². The molecule has 0 aromatic heterocycles. The number of anilines is 1. The third-order valence-corrected chi connectivity index (χ3v) is 5.56. The van der Waals surface area contributed by atoms with Gasteiger partial charge >= 0.3 is 6.03 Å². The Labute approximate surface area is 173 Å². The molecule has 1 saturated heterocycles. The van der Waals surface area contributed by atoms with Gasteiger partial charge in [0.25, 0.3) is 0 Å². The Bertz CT molecular complexity index is 760. The number of hydrogen-bond acceptors (Lipinski definition) is 3. The maximum atomic E-state index is 13.2. The normalized spacial score (nSPS) is 15.2. The van der Waals surface area contributed by atoms with Crippen molar-refractivity contribution in [3.05, 3.63) is 65.4 Å². The predicted molar refractivity (Wildman–Crippen MR) is 117 cm³/mol. The van der Waals surface area contributed by atoms with Crippen molar-refractivity contribution in [1.82, 2.24) is 9.80 Å². The molecular formula is C23H32N4O2. The number of nitrogens with zero attached hydrogens (tertiary/aromatic N) is 2. The Morgan fingerprint density at radius 2 is 1.93 bits per heavy atom. The zero-order valence-electron chi connectivity index (χ0n) is 17.2. The topological polar surface area (TPSA) is 75.2 Å². The van der Waals surface area contributed by atoms with E-state index < -0.39 is 0 Å². The van der Waals surface area contributed by atoms with Crippen LogP contribution >= 0.6 is 0 Å². The van der Waals surface area contributed by atoms with Crippen molar-refractivity contribution in [3.63, 3.8) is 0 Å². The van der Waals surface area contributed by atoms with Crippen LogP contribution in [0.1, 0.15) is 38.2 Å². The van der Waals surface area contributed by atoms with Crippen LogP contribution in [0.4, 0.5) is 16.2 Å². The molecule has 6 heteroatoms. The summed E-state index contributed by atoms with van der Waals surface area (Å²) >= 11 is 0.